The highest BCUT2D eigenvalue weighted by Gasteiger charge is 2.16. The van der Waals surface area contributed by atoms with Crippen LogP contribution in [0.4, 0.5) is 0 Å². The molecule has 0 unspecified atom stereocenters. The average Bonchev–Trinajstić information content (AvgIpc) is 2.77. The molecule has 0 aromatic heterocycles. The number of nitrogens with zero attached hydrogens (tertiary/aromatic N) is 2. The predicted molar refractivity (Wildman–Crippen MR) is 118 cm³/mol. The topological polar surface area (TPSA) is 42.0 Å². The highest BCUT2D eigenvalue weighted by Crippen LogP contribution is 2.20. The number of rotatable bonds is 6. The zero-order valence-corrected chi connectivity index (χ0v) is 18.2. The molecular formula is C25H32N2O3. The van der Waals surface area contributed by atoms with E-state index in [1.165, 1.54) is 22.3 Å². The van der Waals surface area contributed by atoms with E-state index in [4.69, 9.17) is 9.47 Å². The number of aryl methyl sites for hydroxylation is 2. The third-order valence-corrected chi connectivity index (χ3v) is 6.20. The molecule has 0 aliphatic carbocycles. The van der Waals surface area contributed by atoms with Gasteiger partial charge in [0.2, 0.25) is 0 Å². The van der Waals surface area contributed by atoms with Gasteiger partial charge in [0.15, 0.2) is 5.78 Å². The second-order valence-corrected chi connectivity index (χ2v) is 8.39. The summed E-state index contributed by atoms with van der Waals surface area (Å²) in [5.74, 6) is 0.0945. The van der Waals surface area contributed by atoms with Gasteiger partial charge in [-0.25, -0.2) is 0 Å². The first-order valence-corrected chi connectivity index (χ1v) is 10.9. The van der Waals surface area contributed by atoms with Gasteiger partial charge in [-0.1, -0.05) is 24.3 Å². The second-order valence-electron chi connectivity index (χ2n) is 8.39. The van der Waals surface area contributed by atoms with E-state index in [2.05, 4.69) is 35.8 Å². The van der Waals surface area contributed by atoms with Gasteiger partial charge in [0.1, 0.15) is 0 Å². The van der Waals surface area contributed by atoms with Crippen LogP contribution in [0.1, 0.15) is 38.2 Å². The van der Waals surface area contributed by atoms with Gasteiger partial charge in [-0.2, -0.15) is 0 Å². The van der Waals surface area contributed by atoms with E-state index in [0.29, 0.717) is 0 Å². The molecule has 5 nitrogen and oxygen atoms in total. The van der Waals surface area contributed by atoms with Crippen LogP contribution in [0.2, 0.25) is 0 Å². The molecule has 0 spiro atoms. The van der Waals surface area contributed by atoms with Crippen LogP contribution in [0.5, 0.6) is 0 Å². The van der Waals surface area contributed by atoms with Gasteiger partial charge in [0.25, 0.3) is 0 Å². The summed E-state index contributed by atoms with van der Waals surface area (Å²) in [6.45, 7) is 13.1. The summed E-state index contributed by atoms with van der Waals surface area (Å²) in [5, 5.41) is 0. The highest BCUT2D eigenvalue weighted by molar-refractivity contribution is 6.09. The van der Waals surface area contributed by atoms with E-state index in [1.54, 1.807) is 0 Å². The van der Waals surface area contributed by atoms with Crippen LogP contribution in [0.3, 0.4) is 0 Å². The molecule has 2 fully saturated rings. The van der Waals surface area contributed by atoms with Crippen molar-refractivity contribution in [1.29, 1.82) is 0 Å². The number of hydrogen-bond acceptors (Lipinski definition) is 5. The fourth-order valence-electron chi connectivity index (χ4n) is 4.20. The normalized spacial score (nSPS) is 18.5. The molecule has 0 radical (unpaired) electrons. The molecule has 2 saturated heterocycles. The monoisotopic (exact) mass is 408 g/mol. The summed E-state index contributed by atoms with van der Waals surface area (Å²) in [6.07, 6.45) is 0. The molecule has 2 aliphatic heterocycles. The minimum absolute atomic E-state index is 0.0945. The Morgan fingerprint density at radius 1 is 0.733 bits per heavy atom. The summed E-state index contributed by atoms with van der Waals surface area (Å²) >= 11 is 0. The minimum Gasteiger partial charge on any atom is -0.379 e. The Balaban J connectivity index is 1.44. The van der Waals surface area contributed by atoms with Crippen LogP contribution < -0.4 is 0 Å². The van der Waals surface area contributed by atoms with E-state index in [0.717, 1.165) is 76.8 Å². The number of hydrogen-bond donors (Lipinski definition) is 0. The van der Waals surface area contributed by atoms with Crippen molar-refractivity contribution in [1.82, 2.24) is 9.80 Å². The van der Waals surface area contributed by atoms with Gasteiger partial charge in [0, 0.05) is 50.4 Å². The first kappa shape index (κ1) is 21.2. The number of carbonyl (C=O) groups is 1. The molecule has 2 heterocycles. The Morgan fingerprint density at radius 2 is 1.13 bits per heavy atom. The first-order chi connectivity index (χ1) is 14.6. The van der Waals surface area contributed by atoms with Crippen LogP contribution in [0, 0.1) is 13.8 Å². The standard InChI is InChI=1S/C25H32N2O3/c1-19-15-21(3-5-23(19)17-26-7-11-29-12-8-26)25(28)22-4-6-24(20(2)16-22)18-27-9-13-30-14-10-27/h3-6,15-16H,7-14,17-18H2,1-2H3. The lowest BCUT2D eigenvalue weighted by Crippen LogP contribution is -2.35. The molecule has 0 bridgehead atoms. The number of morpholine rings is 2. The lowest BCUT2D eigenvalue weighted by molar-refractivity contribution is 0.0340. The zero-order chi connectivity index (χ0) is 20.9. The summed E-state index contributed by atoms with van der Waals surface area (Å²) in [7, 11) is 0. The first-order valence-electron chi connectivity index (χ1n) is 10.9. The maximum absolute atomic E-state index is 13.1. The van der Waals surface area contributed by atoms with Gasteiger partial charge >= 0.3 is 0 Å². The van der Waals surface area contributed by atoms with Crippen LogP contribution in [0.25, 0.3) is 0 Å². The van der Waals surface area contributed by atoms with Gasteiger partial charge in [0.05, 0.1) is 26.4 Å². The largest absolute Gasteiger partial charge is 0.379 e. The number of carbonyl (C=O) groups excluding carboxylic acids is 1. The number of benzene rings is 2. The van der Waals surface area contributed by atoms with Crippen LogP contribution in [-0.4, -0.2) is 68.2 Å². The van der Waals surface area contributed by atoms with E-state index < -0.39 is 0 Å². The maximum atomic E-state index is 13.1. The molecule has 2 aliphatic rings. The molecule has 0 N–H and O–H groups in total. The van der Waals surface area contributed by atoms with Crippen molar-refractivity contribution in [2.45, 2.75) is 26.9 Å². The van der Waals surface area contributed by atoms with Gasteiger partial charge in [-0.05, 0) is 48.2 Å². The molecular weight excluding hydrogens is 376 g/mol. The van der Waals surface area contributed by atoms with Crippen molar-refractivity contribution in [2.24, 2.45) is 0 Å². The van der Waals surface area contributed by atoms with Crippen molar-refractivity contribution < 1.29 is 14.3 Å². The van der Waals surface area contributed by atoms with Gasteiger partial charge in [-0.3, -0.25) is 14.6 Å². The molecule has 0 saturated carbocycles. The van der Waals surface area contributed by atoms with Gasteiger partial charge < -0.3 is 9.47 Å². The van der Waals surface area contributed by atoms with Crippen LogP contribution >= 0.6 is 0 Å². The molecule has 30 heavy (non-hydrogen) atoms. The van der Waals surface area contributed by atoms with Crippen molar-refractivity contribution in [2.75, 3.05) is 52.6 Å². The minimum atomic E-state index is 0.0945. The van der Waals surface area contributed by atoms with Crippen molar-refractivity contribution in [3.05, 3.63) is 69.8 Å². The Labute approximate surface area is 179 Å². The van der Waals surface area contributed by atoms with Crippen LogP contribution in [-0.2, 0) is 22.6 Å². The molecule has 2 aromatic carbocycles. The summed E-state index contributed by atoms with van der Waals surface area (Å²) < 4.78 is 10.9. The third-order valence-electron chi connectivity index (χ3n) is 6.20. The Hall–Kier alpha value is -2.05. The smallest absolute Gasteiger partial charge is 0.193 e. The second kappa shape index (κ2) is 9.84. The SMILES string of the molecule is Cc1cc(C(=O)c2ccc(CN3CCOCC3)c(C)c2)ccc1CN1CCOCC1. The fraction of sp³-hybridized carbons (Fsp3) is 0.480. The summed E-state index contributed by atoms with van der Waals surface area (Å²) in [6, 6.07) is 12.2. The van der Waals surface area contributed by atoms with Crippen molar-refractivity contribution in [3.63, 3.8) is 0 Å². The lowest BCUT2D eigenvalue weighted by Gasteiger charge is -2.27. The Kier molecular flexibility index (Phi) is 6.95. The fourth-order valence-corrected chi connectivity index (χ4v) is 4.20. The molecule has 0 amide bonds. The molecule has 0 atom stereocenters. The summed E-state index contributed by atoms with van der Waals surface area (Å²) in [4.78, 5) is 17.9. The lowest BCUT2D eigenvalue weighted by atomic mass is 9.96. The molecule has 160 valence electrons. The average molecular weight is 409 g/mol. The van der Waals surface area contributed by atoms with E-state index in [-0.39, 0.29) is 5.78 Å². The molecule has 4 rings (SSSR count). The third kappa shape index (κ3) is 5.16. The van der Waals surface area contributed by atoms with Gasteiger partial charge in [-0.15, -0.1) is 0 Å². The van der Waals surface area contributed by atoms with E-state index in [1.807, 2.05) is 24.3 Å². The van der Waals surface area contributed by atoms with Crippen molar-refractivity contribution in [3.8, 4) is 0 Å². The Bertz CT molecular complexity index is 812. The Morgan fingerprint density at radius 3 is 1.50 bits per heavy atom. The van der Waals surface area contributed by atoms with E-state index in [9.17, 15) is 4.79 Å². The van der Waals surface area contributed by atoms with Crippen molar-refractivity contribution >= 4 is 5.78 Å². The number of ether oxygens (including phenoxy) is 2. The number of ketones is 1. The maximum Gasteiger partial charge on any atom is 0.193 e. The highest BCUT2D eigenvalue weighted by atomic mass is 16.5. The quantitative estimate of drug-likeness (QED) is 0.687. The van der Waals surface area contributed by atoms with E-state index >= 15 is 0 Å². The zero-order valence-electron chi connectivity index (χ0n) is 18.2. The summed E-state index contributed by atoms with van der Waals surface area (Å²) in [5.41, 5.74) is 6.44. The van der Waals surface area contributed by atoms with Crippen LogP contribution in [0.15, 0.2) is 36.4 Å². The molecule has 2 aromatic rings. The predicted octanol–water partition coefficient (Wildman–Crippen LogP) is 3.20. The molecule has 5 heteroatoms.